The summed E-state index contributed by atoms with van der Waals surface area (Å²) >= 11 is 0. The Kier molecular flexibility index (Phi) is 3.44. The Hall–Kier alpha value is -2.26. The molecule has 0 N–H and O–H groups in total. The van der Waals surface area contributed by atoms with Crippen molar-refractivity contribution in [3.8, 4) is 17.5 Å². The molecule has 1 aliphatic heterocycles. The fraction of sp³-hybridized carbons (Fsp3) is 0.357. The summed E-state index contributed by atoms with van der Waals surface area (Å²) in [5.41, 5.74) is 0.241. The molecule has 1 atom stereocenters. The summed E-state index contributed by atoms with van der Waals surface area (Å²) in [7, 11) is 0. The summed E-state index contributed by atoms with van der Waals surface area (Å²) in [6.45, 7) is 1.32. The van der Waals surface area contributed by atoms with Crippen molar-refractivity contribution < 1.29 is 13.7 Å². The van der Waals surface area contributed by atoms with E-state index in [0.717, 1.165) is 19.4 Å². The number of rotatable bonds is 2. The van der Waals surface area contributed by atoms with Gasteiger partial charge in [-0.25, -0.2) is 4.39 Å². The molecule has 1 saturated heterocycles. The van der Waals surface area contributed by atoms with Gasteiger partial charge in [0.1, 0.15) is 17.4 Å². The molecule has 1 aliphatic rings. The van der Waals surface area contributed by atoms with Gasteiger partial charge in [-0.05, 0) is 25.0 Å². The molecule has 6 heteroatoms. The molecule has 1 unspecified atom stereocenters. The number of halogens is 1. The Morgan fingerprint density at radius 1 is 1.40 bits per heavy atom. The Morgan fingerprint density at radius 2 is 2.30 bits per heavy atom. The number of nitrogens with zero attached hydrogens (tertiary/aromatic N) is 3. The van der Waals surface area contributed by atoms with Crippen LogP contribution in [0.15, 0.2) is 22.7 Å². The van der Waals surface area contributed by atoms with E-state index in [1.54, 1.807) is 6.07 Å². The molecule has 2 heterocycles. The van der Waals surface area contributed by atoms with Gasteiger partial charge >= 0.3 is 0 Å². The molecule has 3 rings (SSSR count). The maximum absolute atomic E-state index is 13.6. The lowest BCUT2D eigenvalue weighted by Gasteiger charge is -2.18. The number of aromatic nitrogens is 2. The Labute approximate surface area is 115 Å². The first-order valence-corrected chi connectivity index (χ1v) is 6.40. The summed E-state index contributed by atoms with van der Waals surface area (Å²) in [5, 5.41) is 12.9. The van der Waals surface area contributed by atoms with Crippen molar-refractivity contribution in [2.24, 2.45) is 0 Å². The van der Waals surface area contributed by atoms with Gasteiger partial charge in [0, 0.05) is 12.5 Å². The summed E-state index contributed by atoms with van der Waals surface area (Å²) in [6, 6.07) is 6.16. The predicted molar refractivity (Wildman–Crippen MR) is 67.2 cm³/mol. The Morgan fingerprint density at radius 3 is 3.05 bits per heavy atom. The normalized spacial score (nSPS) is 18.7. The van der Waals surface area contributed by atoms with Crippen LogP contribution < -0.4 is 0 Å². The van der Waals surface area contributed by atoms with Crippen molar-refractivity contribution in [2.75, 3.05) is 13.2 Å². The van der Waals surface area contributed by atoms with Gasteiger partial charge in [-0.2, -0.15) is 10.2 Å². The zero-order chi connectivity index (χ0) is 13.9. The maximum Gasteiger partial charge on any atom is 0.259 e. The second-order valence-electron chi connectivity index (χ2n) is 4.65. The fourth-order valence-electron chi connectivity index (χ4n) is 2.27. The van der Waals surface area contributed by atoms with Gasteiger partial charge in [0.2, 0.25) is 0 Å². The monoisotopic (exact) mass is 273 g/mol. The van der Waals surface area contributed by atoms with Crippen LogP contribution in [0.2, 0.25) is 0 Å². The second kappa shape index (κ2) is 5.39. The topological polar surface area (TPSA) is 71.9 Å². The molecule has 0 amide bonds. The molecule has 2 aromatic rings. The van der Waals surface area contributed by atoms with Crippen molar-refractivity contribution >= 4 is 0 Å². The minimum absolute atomic E-state index is 0.0809. The zero-order valence-electron chi connectivity index (χ0n) is 10.7. The molecule has 0 bridgehead atoms. The van der Waals surface area contributed by atoms with Crippen molar-refractivity contribution in [3.05, 3.63) is 35.4 Å². The van der Waals surface area contributed by atoms with E-state index in [4.69, 9.17) is 14.5 Å². The lowest BCUT2D eigenvalue weighted by molar-refractivity contribution is 0.0773. The van der Waals surface area contributed by atoms with Crippen LogP contribution >= 0.6 is 0 Å². The third-order valence-electron chi connectivity index (χ3n) is 3.32. The van der Waals surface area contributed by atoms with Gasteiger partial charge in [0.25, 0.3) is 5.89 Å². The van der Waals surface area contributed by atoms with Crippen LogP contribution in [0.4, 0.5) is 4.39 Å². The molecule has 102 valence electrons. The van der Waals surface area contributed by atoms with Crippen molar-refractivity contribution in [2.45, 2.75) is 18.8 Å². The number of benzene rings is 1. The third-order valence-corrected chi connectivity index (χ3v) is 3.32. The average molecular weight is 273 g/mol. The van der Waals surface area contributed by atoms with Crippen LogP contribution in [0.1, 0.15) is 30.1 Å². The average Bonchev–Trinajstić information content (AvgIpc) is 2.97. The highest BCUT2D eigenvalue weighted by Gasteiger charge is 2.23. The molecular formula is C14H12FN3O2. The van der Waals surface area contributed by atoms with Gasteiger partial charge in [0.15, 0.2) is 5.82 Å². The van der Waals surface area contributed by atoms with Gasteiger partial charge in [-0.3, -0.25) is 0 Å². The highest BCUT2D eigenvalue weighted by Crippen LogP contribution is 2.28. The summed E-state index contributed by atoms with van der Waals surface area (Å²) < 4.78 is 24.1. The SMILES string of the molecule is N#Cc1c(F)cccc1-c1nc(C2CCCOC2)no1. The lowest BCUT2D eigenvalue weighted by Crippen LogP contribution is -2.16. The van der Waals surface area contributed by atoms with Crippen LogP contribution in [0.25, 0.3) is 11.5 Å². The van der Waals surface area contributed by atoms with Crippen molar-refractivity contribution in [1.82, 2.24) is 10.1 Å². The molecule has 0 spiro atoms. The van der Waals surface area contributed by atoms with E-state index in [-0.39, 0.29) is 17.4 Å². The molecule has 1 aromatic heterocycles. The van der Waals surface area contributed by atoms with E-state index >= 15 is 0 Å². The van der Waals surface area contributed by atoms with Gasteiger partial charge < -0.3 is 9.26 Å². The van der Waals surface area contributed by atoms with E-state index < -0.39 is 5.82 Å². The number of ether oxygens (including phenoxy) is 1. The first-order valence-electron chi connectivity index (χ1n) is 6.40. The van der Waals surface area contributed by atoms with Crippen LogP contribution in [0.5, 0.6) is 0 Å². The fourth-order valence-corrected chi connectivity index (χ4v) is 2.27. The minimum atomic E-state index is -0.592. The number of nitriles is 1. The summed E-state index contributed by atoms with van der Waals surface area (Å²) in [5.74, 6) is 0.223. The summed E-state index contributed by atoms with van der Waals surface area (Å²) in [4.78, 5) is 4.28. The van der Waals surface area contributed by atoms with Gasteiger partial charge in [-0.1, -0.05) is 11.2 Å². The largest absolute Gasteiger partial charge is 0.381 e. The zero-order valence-corrected chi connectivity index (χ0v) is 10.7. The first-order chi connectivity index (χ1) is 9.79. The smallest absolute Gasteiger partial charge is 0.259 e. The number of hydrogen-bond donors (Lipinski definition) is 0. The summed E-state index contributed by atoms with van der Waals surface area (Å²) in [6.07, 6.45) is 1.89. The molecule has 0 saturated carbocycles. The minimum Gasteiger partial charge on any atom is -0.381 e. The third kappa shape index (κ3) is 2.28. The second-order valence-corrected chi connectivity index (χ2v) is 4.65. The Bertz CT molecular complexity index is 657. The molecule has 0 aliphatic carbocycles. The van der Waals surface area contributed by atoms with Crippen LogP contribution in [-0.2, 0) is 4.74 Å². The van der Waals surface area contributed by atoms with E-state index in [1.165, 1.54) is 12.1 Å². The molecule has 5 nitrogen and oxygen atoms in total. The molecule has 1 fully saturated rings. The van der Waals surface area contributed by atoms with Crippen molar-refractivity contribution in [1.29, 1.82) is 5.26 Å². The maximum atomic E-state index is 13.6. The lowest BCUT2D eigenvalue weighted by atomic mass is 10.0. The van der Waals surface area contributed by atoms with Crippen LogP contribution in [-0.4, -0.2) is 23.4 Å². The highest BCUT2D eigenvalue weighted by atomic mass is 19.1. The standard InChI is InChI=1S/C14H12FN3O2/c15-12-5-1-4-10(11(12)7-16)14-17-13(18-20-14)9-3-2-6-19-8-9/h1,4-5,9H,2-3,6,8H2. The van der Waals surface area contributed by atoms with Crippen LogP contribution in [0.3, 0.4) is 0 Å². The highest BCUT2D eigenvalue weighted by molar-refractivity contribution is 5.63. The van der Waals surface area contributed by atoms with E-state index in [0.29, 0.717) is 18.0 Å². The van der Waals surface area contributed by atoms with Gasteiger partial charge in [0.05, 0.1) is 12.2 Å². The first kappa shape index (κ1) is 12.8. The molecular weight excluding hydrogens is 261 g/mol. The molecule has 0 radical (unpaired) electrons. The predicted octanol–water partition coefficient (Wildman–Crippen LogP) is 2.64. The quantitative estimate of drug-likeness (QED) is 0.841. The molecule has 20 heavy (non-hydrogen) atoms. The Balaban J connectivity index is 1.94. The van der Waals surface area contributed by atoms with Gasteiger partial charge in [-0.15, -0.1) is 0 Å². The van der Waals surface area contributed by atoms with Crippen LogP contribution in [0, 0.1) is 17.1 Å². The number of hydrogen-bond acceptors (Lipinski definition) is 5. The van der Waals surface area contributed by atoms with E-state index in [1.807, 2.05) is 6.07 Å². The van der Waals surface area contributed by atoms with E-state index in [9.17, 15) is 4.39 Å². The van der Waals surface area contributed by atoms with Crippen molar-refractivity contribution in [3.63, 3.8) is 0 Å². The molecule has 1 aromatic carbocycles. The van der Waals surface area contributed by atoms with E-state index in [2.05, 4.69) is 10.1 Å².